The van der Waals surface area contributed by atoms with Crippen LogP contribution in [0.15, 0.2) is 0 Å². The molecular formula is C16H28Cl2. The van der Waals surface area contributed by atoms with Crippen molar-refractivity contribution >= 4 is 23.2 Å². The molecule has 2 fully saturated rings. The molecule has 106 valence electrons. The average Bonchev–Trinajstić information content (AvgIpc) is 2.30. The first-order valence-electron chi connectivity index (χ1n) is 8.04. The molecule has 0 radical (unpaired) electrons. The normalized spacial score (nSPS) is 37.3. The molecule has 0 aromatic carbocycles. The van der Waals surface area contributed by atoms with E-state index in [0.29, 0.717) is 5.38 Å². The van der Waals surface area contributed by atoms with Crippen LogP contribution in [-0.4, -0.2) is 10.3 Å². The van der Waals surface area contributed by atoms with Crippen LogP contribution >= 0.6 is 23.2 Å². The van der Waals surface area contributed by atoms with E-state index in [1.807, 2.05) is 0 Å². The van der Waals surface area contributed by atoms with Crippen molar-refractivity contribution in [1.82, 2.24) is 0 Å². The maximum absolute atomic E-state index is 7.06. The second kappa shape index (κ2) is 7.39. The van der Waals surface area contributed by atoms with Gasteiger partial charge in [-0.1, -0.05) is 44.9 Å². The fourth-order valence-corrected chi connectivity index (χ4v) is 4.56. The minimum atomic E-state index is 0.0743. The van der Waals surface area contributed by atoms with Crippen LogP contribution in [0.4, 0.5) is 0 Å². The molecule has 0 N–H and O–H groups in total. The summed E-state index contributed by atoms with van der Waals surface area (Å²) in [6.45, 7) is 0. The molecule has 0 amide bonds. The molecule has 2 aliphatic rings. The molecule has 0 bridgehead atoms. The van der Waals surface area contributed by atoms with Crippen molar-refractivity contribution in [2.24, 2.45) is 5.92 Å². The van der Waals surface area contributed by atoms with Crippen LogP contribution in [0.3, 0.4) is 0 Å². The highest BCUT2D eigenvalue weighted by molar-refractivity contribution is 6.24. The fourth-order valence-electron chi connectivity index (χ4n) is 3.83. The zero-order valence-electron chi connectivity index (χ0n) is 11.6. The van der Waals surface area contributed by atoms with Crippen LogP contribution in [0.5, 0.6) is 0 Å². The molecule has 2 heteroatoms. The number of halogens is 2. The molecule has 2 unspecified atom stereocenters. The quantitative estimate of drug-likeness (QED) is 0.498. The third kappa shape index (κ3) is 4.30. The van der Waals surface area contributed by atoms with Gasteiger partial charge in [-0.2, -0.15) is 0 Å². The first-order chi connectivity index (χ1) is 8.71. The summed E-state index contributed by atoms with van der Waals surface area (Å²) in [4.78, 5) is 0.0743. The molecule has 2 saturated carbocycles. The number of hydrogen-bond acceptors (Lipinski definition) is 0. The van der Waals surface area contributed by atoms with E-state index in [1.54, 1.807) is 0 Å². The van der Waals surface area contributed by atoms with Gasteiger partial charge in [0, 0.05) is 10.3 Å². The van der Waals surface area contributed by atoms with Gasteiger partial charge in [0.05, 0.1) is 0 Å². The highest BCUT2D eigenvalue weighted by Gasteiger charge is 2.36. The zero-order chi connectivity index (χ0) is 12.8. The summed E-state index contributed by atoms with van der Waals surface area (Å²) in [5, 5.41) is 0.372. The van der Waals surface area contributed by atoms with Crippen LogP contribution in [0.25, 0.3) is 0 Å². The van der Waals surface area contributed by atoms with Crippen molar-refractivity contribution in [2.45, 2.75) is 93.7 Å². The van der Waals surface area contributed by atoms with Crippen molar-refractivity contribution in [1.29, 1.82) is 0 Å². The first-order valence-corrected chi connectivity index (χ1v) is 8.85. The van der Waals surface area contributed by atoms with Gasteiger partial charge in [0.2, 0.25) is 0 Å². The van der Waals surface area contributed by atoms with Crippen molar-refractivity contribution in [2.75, 3.05) is 0 Å². The molecule has 0 nitrogen and oxygen atoms in total. The lowest BCUT2D eigenvalue weighted by Crippen LogP contribution is -2.34. The van der Waals surface area contributed by atoms with Crippen molar-refractivity contribution in [3.05, 3.63) is 0 Å². The van der Waals surface area contributed by atoms with Crippen LogP contribution < -0.4 is 0 Å². The minimum Gasteiger partial charge on any atom is -0.123 e. The standard InChI is InChI=1S/C16H28Cl2/c17-15-10-6-7-12-16(18,13-11-15)14-8-4-2-1-3-5-9-14/h14-15H,1-13H2. The Bertz CT molecular complexity index is 233. The summed E-state index contributed by atoms with van der Waals surface area (Å²) in [5.41, 5.74) is 0. The summed E-state index contributed by atoms with van der Waals surface area (Å²) in [5.74, 6) is 0.751. The molecule has 0 aromatic rings. The summed E-state index contributed by atoms with van der Waals surface area (Å²) < 4.78 is 0. The summed E-state index contributed by atoms with van der Waals surface area (Å²) >= 11 is 13.4. The second-order valence-corrected chi connectivity index (χ2v) is 7.83. The monoisotopic (exact) mass is 290 g/mol. The van der Waals surface area contributed by atoms with Gasteiger partial charge in [-0.05, 0) is 44.4 Å². The third-order valence-electron chi connectivity index (χ3n) is 5.07. The summed E-state index contributed by atoms with van der Waals surface area (Å²) in [6.07, 6.45) is 17.0. The average molecular weight is 291 g/mol. The fraction of sp³-hybridized carbons (Fsp3) is 1.00. The smallest absolute Gasteiger partial charge is 0.0475 e. The van der Waals surface area contributed by atoms with Gasteiger partial charge in [-0.3, -0.25) is 0 Å². The van der Waals surface area contributed by atoms with Gasteiger partial charge in [-0.25, -0.2) is 0 Å². The SMILES string of the molecule is ClC1CCCCC(Cl)(C2CCCCCCC2)CC1. The number of hydrogen-bond donors (Lipinski definition) is 0. The van der Waals surface area contributed by atoms with Crippen molar-refractivity contribution < 1.29 is 0 Å². The summed E-state index contributed by atoms with van der Waals surface area (Å²) in [6, 6.07) is 0. The largest absolute Gasteiger partial charge is 0.123 e. The lowest BCUT2D eigenvalue weighted by molar-refractivity contribution is 0.247. The number of rotatable bonds is 1. The molecule has 2 atom stereocenters. The van der Waals surface area contributed by atoms with E-state index in [1.165, 1.54) is 70.6 Å². The Hall–Kier alpha value is 0.580. The maximum atomic E-state index is 7.06. The van der Waals surface area contributed by atoms with Gasteiger partial charge >= 0.3 is 0 Å². The molecule has 0 aliphatic heterocycles. The van der Waals surface area contributed by atoms with Crippen LogP contribution in [0, 0.1) is 5.92 Å². The van der Waals surface area contributed by atoms with Crippen LogP contribution in [0.2, 0.25) is 0 Å². The Morgan fingerprint density at radius 3 is 2.00 bits per heavy atom. The summed E-state index contributed by atoms with van der Waals surface area (Å²) in [7, 11) is 0. The lowest BCUT2D eigenvalue weighted by Gasteiger charge is -2.38. The van der Waals surface area contributed by atoms with E-state index < -0.39 is 0 Å². The second-order valence-electron chi connectivity index (χ2n) is 6.46. The molecule has 0 heterocycles. The first kappa shape index (κ1) is 15.0. The van der Waals surface area contributed by atoms with Crippen molar-refractivity contribution in [3.63, 3.8) is 0 Å². The van der Waals surface area contributed by atoms with E-state index in [-0.39, 0.29) is 4.87 Å². The predicted octanol–water partition coefficient (Wildman–Crippen LogP) is 6.29. The highest BCUT2D eigenvalue weighted by Crippen LogP contribution is 2.44. The molecule has 0 saturated heterocycles. The molecule has 18 heavy (non-hydrogen) atoms. The Balaban J connectivity index is 1.96. The van der Waals surface area contributed by atoms with Gasteiger partial charge in [-0.15, -0.1) is 23.2 Å². The Morgan fingerprint density at radius 2 is 1.28 bits per heavy atom. The molecule has 0 spiro atoms. The number of alkyl halides is 2. The highest BCUT2D eigenvalue weighted by atomic mass is 35.5. The van der Waals surface area contributed by atoms with Crippen molar-refractivity contribution in [3.8, 4) is 0 Å². The third-order valence-corrected chi connectivity index (χ3v) is 6.19. The van der Waals surface area contributed by atoms with Crippen LogP contribution in [-0.2, 0) is 0 Å². The molecule has 2 rings (SSSR count). The van der Waals surface area contributed by atoms with E-state index >= 15 is 0 Å². The van der Waals surface area contributed by atoms with Gasteiger partial charge in [0.1, 0.15) is 0 Å². The van der Waals surface area contributed by atoms with Gasteiger partial charge in [0.15, 0.2) is 0 Å². The Kier molecular flexibility index (Phi) is 6.15. The van der Waals surface area contributed by atoms with Gasteiger partial charge < -0.3 is 0 Å². The van der Waals surface area contributed by atoms with Gasteiger partial charge in [0.25, 0.3) is 0 Å². The Morgan fingerprint density at radius 1 is 0.667 bits per heavy atom. The molecular weight excluding hydrogens is 263 g/mol. The van der Waals surface area contributed by atoms with E-state index in [9.17, 15) is 0 Å². The molecule has 0 aromatic heterocycles. The Labute approximate surface area is 123 Å². The van der Waals surface area contributed by atoms with E-state index in [2.05, 4.69) is 0 Å². The lowest BCUT2D eigenvalue weighted by atomic mass is 9.75. The minimum absolute atomic E-state index is 0.0743. The molecule has 2 aliphatic carbocycles. The predicted molar refractivity (Wildman–Crippen MR) is 81.7 cm³/mol. The van der Waals surface area contributed by atoms with Crippen LogP contribution in [0.1, 0.15) is 83.5 Å². The maximum Gasteiger partial charge on any atom is 0.0475 e. The van der Waals surface area contributed by atoms with E-state index in [0.717, 1.165) is 18.8 Å². The topological polar surface area (TPSA) is 0 Å². The zero-order valence-corrected chi connectivity index (χ0v) is 13.1. The van der Waals surface area contributed by atoms with E-state index in [4.69, 9.17) is 23.2 Å².